The van der Waals surface area contributed by atoms with Gasteiger partial charge >= 0.3 is 0 Å². The predicted octanol–water partition coefficient (Wildman–Crippen LogP) is 8.55. The molecule has 4 aromatic rings. The van der Waals surface area contributed by atoms with E-state index in [0.29, 0.717) is 0 Å². The first kappa shape index (κ1) is 20.2. The lowest BCUT2D eigenvalue weighted by molar-refractivity contribution is 0.590. The minimum Gasteiger partial charge on any atom is -0.0622 e. The van der Waals surface area contributed by atoms with Crippen LogP contribution in [0.1, 0.15) is 38.8 Å². The van der Waals surface area contributed by atoms with Crippen molar-refractivity contribution in [1.29, 1.82) is 0 Å². The van der Waals surface area contributed by atoms with Gasteiger partial charge in [0.1, 0.15) is 0 Å². The van der Waals surface area contributed by atoms with Crippen LogP contribution >= 0.6 is 0 Å². The van der Waals surface area contributed by atoms with Gasteiger partial charge in [0, 0.05) is 0 Å². The average molecular weight is 391 g/mol. The minimum absolute atomic E-state index is 0.163. The Morgan fingerprint density at radius 3 is 1.37 bits per heavy atom. The quantitative estimate of drug-likeness (QED) is 0.327. The van der Waals surface area contributed by atoms with Gasteiger partial charge in [-0.1, -0.05) is 107 Å². The molecule has 0 heterocycles. The molecule has 0 amide bonds. The molecule has 4 rings (SSSR count). The van der Waals surface area contributed by atoms with Crippen molar-refractivity contribution in [3.8, 4) is 33.4 Å². The molecule has 0 heteroatoms. The van der Waals surface area contributed by atoms with E-state index in [2.05, 4.69) is 125 Å². The van der Waals surface area contributed by atoms with Gasteiger partial charge in [-0.3, -0.25) is 0 Å². The SMILES string of the molecule is CCc1ccc(-c2cc(-c3ccccc3)cc(-c3ccc(C(C)(C)C)cc3)c2)cc1. The molecule has 0 fully saturated rings. The molecule has 0 atom stereocenters. The van der Waals surface area contributed by atoms with E-state index in [0.717, 1.165) is 6.42 Å². The lowest BCUT2D eigenvalue weighted by Gasteiger charge is -2.19. The summed E-state index contributed by atoms with van der Waals surface area (Å²) in [5, 5.41) is 0. The van der Waals surface area contributed by atoms with Gasteiger partial charge in [0.15, 0.2) is 0 Å². The Balaban J connectivity index is 1.83. The first-order valence-corrected chi connectivity index (χ1v) is 10.8. The molecule has 0 bridgehead atoms. The molecule has 0 aliphatic heterocycles. The first-order valence-electron chi connectivity index (χ1n) is 10.8. The Hall–Kier alpha value is -3.12. The summed E-state index contributed by atoms with van der Waals surface area (Å²) in [6.07, 6.45) is 1.07. The van der Waals surface area contributed by atoms with Crippen molar-refractivity contribution in [2.45, 2.75) is 39.5 Å². The molecule has 0 aromatic heterocycles. The van der Waals surface area contributed by atoms with Crippen molar-refractivity contribution in [3.63, 3.8) is 0 Å². The Kier molecular flexibility index (Phi) is 5.59. The fourth-order valence-corrected chi connectivity index (χ4v) is 3.85. The van der Waals surface area contributed by atoms with E-state index in [1.54, 1.807) is 0 Å². The van der Waals surface area contributed by atoms with Crippen molar-refractivity contribution in [3.05, 3.63) is 108 Å². The molecule has 0 nitrogen and oxygen atoms in total. The summed E-state index contributed by atoms with van der Waals surface area (Å²) in [6, 6.07) is 35.6. The molecule has 0 spiro atoms. The van der Waals surface area contributed by atoms with Crippen LogP contribution in [-0.4, -0.2) is 0 Å². The zero-order chi connectivity index (χ0) is 21.1. The van der Waals surface area contributed by atoms with E-state index in [1.807, 2.05) is 0 Å². The topological polar surface area (TPSA) is 0 Å². The second kappa shape index (κ2) is 8.32. The number of hydrogen-bond acceptors (Lipinski definition) is 0. The summed E-state index contributed by atoms with van der Waals surface area (Å²) in [6.45, 7) is 8.98. The van der Waals surface area contributed by atoms with E-state index >= 15 is 0 Å². The summed E-state index contributed by atoms with van der Waals surface area (Å²) in [7, 11) is 0. The number of hydrogen-bond donors (Lipinski definition) is 0. The van der Waals surface area contributed by atoms with Crippen molar-refractivity contribution in [1.82, 2.24) is 0 Å². The maximum Gasteiger partial charge on any atom is -0.0132 e. The molecule has 0 saturated heterocycles. The van der Waals surface area contributed by atoms with Crippen LogP contribution in [0.3, 0.4) is 0 Å². The highest BCUT2D eigenvalue weighted by Crippen LogP contribution is 2.34. The van der Waals surface area contributed by atoms with E-state index in [4.69, 9.17) is 0 Å². The van der Waals surface area contributed by atoms with Crippen LogP contribution in [0.15, 0.2) is 97.1 Å². The average Bonchev–Trinajstić information content (AvgIpc) is 2.79. The predicted molar refractivity (Wildman–Crippen MR) is 131 cm³/mol. The van der Waals surface area contributed by atoms with Crippen molar-refractivity contribution in [2.75, 3.05) is 0 Å². The standard InChI is InChI=1S/C30H30/c1-5-22-11-13-24(14-12-22)27-19-26(23-9-7-6-8-10-23)20-28(21-27)25-15-17-29(18-16-25)30(2,3)4/h6-21H,5H2,1-4H3. The molecule has 0 N–H and O–H groups in total. The summed E-state index contributed by atoms with van der Waals surface area (Å²) in [5.74, 6) is 0. The molecule has 150 valence electrons. The third kappa shape index (κ3) is 4.39. The summed E-state index contributed by atoms with van der Waals surface area (Å²) < 4.78 is 0. The number of benzene rings is 4. The lowest BCUT2D eigenvalue weighted by Crippen LogP contribution is -2.10. The van der Waals surface area contributed by atoms with Gasteiger partial charge in [0.05, 0.1) is 0 Å². The van der Waals surface area contributed by atoms with Crippen LogP contribution < -0.4 is 0 Å². The highest BCUT2D eigenvalue weighted by molar-refractivity contribution is 5.81. The van der Waals surface area contributed by atoms with E-state index in [-0.39, 0.29) is 5.41 Å². The lowest BCUT2D eigenvalue weighted by atomic mass is 9.86. The highest BCUT2D eigenvalue weighted by atomic mass is 14.2. The second-order valence-corrected chi connectivity index (χ2v) is 9.04. The normalized spacial score (nSPS) is 11.5. The van der Waals surface area contributed by atoms with Gasteiger partial charge in [-0.2, -0.15) is 0 Å². The zero-order valence-electron chi connectivity index (χ0n) is 18.4. The third-order valence-corrected chi connectivity index (χ3v) is 5.82. The van der Waals surface area contributed by atoms with E-state index in [9.17, 15) is 0 Å². The second-order valence-electron chi connectivity index (χ2n) is 9.04. The molecule has 4 aromatic carbocycles. The fourth-order valence-electron chi connectivity index (χ4n) is 3.85. The van der Waals surface area contributed by atoms with Crippen LogP contribution in [0.4, 0.5) is 0 Å². The largest absolute Gasteiger partial charge is 0.0622 e. The molecule has 30 heavy (non-hydrogen) atoms. The molecular formula is C30H30. The van der Waals surface area contributed by atoms with Crippen LogP contribution in [0, 0.1) is 0 Å². The minimum atomic E-state index is 0.163. The molecule has 0 aliphatic carbocycles. The highest BCUT2D eigenvalue weighted by Gasteiger charge is 2.14. The Labute approximate surface area is 181 Å². The fraction of sp³-hybridized carbons (Fsp3) is 0.200. The van der Waals surface area contributed by atoms with Crippen LogP contribution in [0.2, 0.25) is 0 Å². The Bertz CT molecular complexity index is 1110. The third-order valence-electron chi connectivity index (χ3n) is 5.82. The van der Waals surface area contributed by atoms with Gasteiger partial charge in [-0.15, -0.1) is 0 Å². The molecule has 0 radical (unpaired) electrons. The number of aryl methyl sites for hydroxylation is 1. The van der Waals surface area contributed by atoms with Gasteiger partial charge in [-0.25, -0.2) is 0 Å². The van der Waals surface area contributed by atoms with E-state index < -0.39 is 0 Å². The van der Waals surface area contributed by atoms with Gasteiger partial charge in [0.2, 0.25) is 0 Å². The van der Waals surface area contributed by atoms with Gasteiger partial charge in [-0.05, 0) is 74.5 Å². The maximum atomic E-state index is 2.32. The van der Waals surface area contributed by atoms with Crippen LogP contribution in [0.5, 0.6) is 0 Å². The smallest absolute Gasteiger partial charge is 0.0132 e. The van der Waals surface area contributed by atoms with Crippen LogP contribution in [-0.2, 0) is 11.8 Å². The van der Waals surface area contributed by atoms with Gasteiger partial charge < -0.3 is 0 Å². The Morgan fingerprint density at radius 2 is 0.933 bits per heavy atom. The van der Waals surface area contributed by atoms with Gasteiger partial charge in [0.25, 0.3) is 0 Å². The first-order chi connectivity index (χ1) is 14.4. The van der Waals surface area contributed by atoms with Crippen LogP contribution in [0.25, 0.3) is 33.4 Å². The van der Waals surface area contributed by atoms with Crippen molar-refractivity contribution in [2.24, 2.45) is 0 Å². The molecule has 0 saturated carbocycles. The number of rotatable bonds is 4. The Morgan fingerprint density at radius 1 is 0.500 bits per heavy atom. The summed E-state index contributed by atoms with van der Waals surface area (Å²) in [5.41, 5.74) is 10.4. The molecular weight excluding hydrogens is 360 g/mol. The molecule has 0 aliphatic rings. The maximum absolute atomic E-state index is 2.32. The summed E-state index contributed by atoms with van der Waals surface area (Å²) >= 11 is 0. The summed E-state index contributed by atoms with van der Waals surface area (Å²) in [4.78, 5) is 0. The van der Waals surface area contributed by atoms with Crippen molar-refractivity contribution >= 4 is 0 Å². The van der Waals surface area contributed by atoms with Crippen molar-refractivity contribution < 1.29 is 0 Å². The van der Waals surface area contributed by atoms with E-state index in [1.165, 1.54) is 44.5 Å². The molecule has 0 unspecified atom stereocenters. The monoisotopic (exact) mass is 390 g/mol. The zero-order valence-corrected chi connectivity index (χ0v) is 18.4.